The first-order valence-corrected chi connectivity index (χ1v) is 3.94. The molecule has 0 bridgehead atoms. The Morgan fingerprint density at radius 1 is 1.10 bits per heavy atom. The molecule has 0 spiro atoms. The van der Waals surface area contributed by atoms with Gasteiger partial charge in [0.1, 0.15) is 0 Å². The van der Waals surface area contributed by atoms with E-state index in [1.54, 1.807) is 0 Å². The molecule has 10 heavy (non-hydrogen) atoms. The van der Waals surface area contributed by atoms with Crippen molar-refractivity contribution in [2.75, 3.05) is 13.2 Å². The van der Waals surface area contributed by atoms with Crippen LogP contribution in [0.3, 0.4) is 0 Å². The van der Waals surface area contributed by atoms with Crippen LogP contribution in [0.15, 0.2) is 12.2 Å². The summed E-state index contributed by atoms with van der Waals surface area (Å²) in [5.41, 5.74) is 0. The first-order chi connectivity index (χ1) is 4.95. The highest BCUT2D eigenvalue weighted by Gasteiger charge is 2.21. The highest BCUT2D eigenvalue weighted by atomic mass is 16.5. The predicted octanol–water partition coefficient (Wildman–Crippen LogP) is 0.693. The molecule has 1 fully saturated rings. The van der Waals surface area contributed by atoms with Crippen LogP contribution in [0.4, 0.5) is 0 Å². The summed E-state index contributed by atoms with van der Waals surface area (Å²) in [5, 5.41) is 3.53. The van der Waals surface area contributed by atoms with E-state index in [9.17, 15) is 0 Å². The van der Waals surface area contributed by atoms with Gasteiger partial charge < -0.3 is 10.1 Å². The normalized spacial score (nSPS) is 27.2. The number of hydrogen-bond donors (Lipinski definition) is 1. The lowest BCUT2D eigenvalue weighted by molar-refractivity contribution is -0.00936. The van der Waals surface area contributed by atoms with Gasteiger partial charge in [0.05, 0.1) is 19.3 Å². The zero-order valence-electron chi connectivity index (χ0n) is 6.05. The van der Waals surface area contributed by atoms with Crippen LogP contribution in [0.5, 0.6) is 0 Å². The average Bonchev–Trinajstić information content (AvgIpc) is 2.29. The first kappa shape index (κ1) is 6.38. The lowest BCUT2D eigenvalue weighted by Crippen LogP contribution is -2.49. The zero-order valence-corrected chi connectivity index (χ0v) is 6.05. The second-order valence-electron chi connectivity index (χ2n) is 3.04. The van der Waals surface area contributed by atoms with Gasteiger partial charge in [-0.05, 0) is 12.8 Å². The van der Waals surface area contributed by atoms with Crippen molar-refractivity contribution in [3.8, 4) is 0 Å². The van der Waals surface area contributed by atoms with Crippen LogP contribution in [-0.4, -0.2) is 25.3 Å². The fraction of sp³-hybridized carbons (Fsp3) is 0.750. The third-order valence-electron chi connectivity index (χ3n) is 2.12. The molecule has 2 nitrogen and oxygen atoms in total. The Morgan fingerprint density at radius 2 is 1.80 bits per heavy atom. The van der Waals surface area contributed by atoms with E-state index >= 15 is 0 Å². The maximum absolute atomic E-state index is 5.06. The zero-order chi connectivity index (χ0) is 6.81. The molecule has 0 aromatic carbocycles. The second-order valence-corrected chi connectivity index (χ2v) is 3.04. The van der Waals surface area contributed by atoms with Gasteiger partial charge in [-0.3, -0.25) is 0 Å². The van der Waals surface area contributed by atoms with Gasteiger partial charge >= 0.3 is 0 Å². The quantitative estimate of drug-likeness (QED) is 0.568. The van der Waals surface area contributed by atoms with Gasteiger partial charge in [0.15, 0.2) is 0 Å². The molecule has 56 valence electrons. The number of nitrogens with one attached hydrogen (secondary N) is 1. The fourth-order valence-corrected chi connectivity index (χ4v) is 1.42. The van der Waals surface area contributed by atoms with Crippen molar-refractivity contribution in [3.63, 3.8) is 0 Å². The Morgan fingerprint density at radius 3 is 2.30 bits per heavy atom. The number of ether oxygens (including phenoxy) is 1. The van der Waals surface area contributed by atoms with Crippen LogP contribution in [0.25, 0.3) is 0 Å². The molecule has 0 saturated carbocycles. The van der Waals surface area contributed by atoms with Crippen LogP contribution in [-0.2, 0) is 4.74 Å². The molecule has 0 aromatic heterocycles. The molecule has 2 rings (SSSR count). The van der Waals surface area contributed by atoms with Crippen molar-refractivity contribution in [1.82, 2.24) is 5.32 Å². The smallest absolute Gasteiger partial charge is 0.0643 e. The van der Waals surface area contributed by atoms with E-state index in [4.69, 9.17) is 4.74 Å². The van der Waals surface area contributed by atoms with E-state index in [1.165, 1.54) is 12.8 Å². The molecular weight excluding hydrogens is 126 g/mol. The van der Waals surface area contributed by atoms with E-state index in [1.807, 2.05) is 0 Å². The largest absolute Gasteiger partial charge is 0.378 e. The van der Waals surface area contributed by atoms with Crippen LogP contribution >= 0.6 is 0 Å². The van der Waals surface area contributed by atoms with Gasteiger partial charge in [-0.25, -0.2) is 0 Å². The Labute approximate surface area is 61.3 Å². The maximum atomic E-state index is 5.06. The van der Waals surface area contributed by atoms with E-state index in [0.717, 1.165) is 13.2 Å². The van der Waals surface area contributed by atoms with Crippen LogP contribution in [0.2, 0.25) is 0 Å². The Hall–Kier alpha value is -0.340. The molecule has 0 aromatic rings. The van der Waals surface area contributed by atoms with Crippen molar-refractivity contribution in [1.29, 1.82) is 0 Å². The van der Waals surface area contributed by atoms with E-state index in [-0.39, 0.29) is 0 Å². The summed E-state index contributed by atoms with van der Waals surface area (Å²) in [6.07, 6.45) is 6.90. The molecule has 1 saturated heterocycles. The van der Waals surface area contributed by atoms with Gasteiger partial charge in [0.25, 0.3) is 0 Å². The highest BCUT2D eigenvalue weighted by molar-refractivity contribution is 4.99. The van der Waals surface area contributed by atoms with Crippen molar-refractivity contribution in [3.05, 3.63) is 12.2 Å². The molecule has 0 atom stereocenters. The second kappa shape index (κ2) is 2.72. The van der Waals surface area contributed by atoms with Crippen LogP contribution in [0.1, 0.15) is 12.8 Å². The molecule has 0 radical (unpaired) electrons. The van der Waals surface area contributed by atoms with Crippen LogP contribution < -0.4 is 5.32 Å². The average molecular weight is 139 g/mol. The molecule has 2 heteroatoms. The molecule has 1 aliphatic heterocycles. The molecular formula is C8H13NO. The summed E-state index contributed by atoms with van der Waals surface area (Å²) in [6, 6.07) is 1.35. The minimum absolute atomic E-state index is 0.643. The summed E-state index contributed by atoms with van der Waals surface area (Å²) in [7, 11) is 0. The third-order valence-corrected chi connectivity index (χ3v) is 2.12. The van der Waals surface area contributed by atoms with E-state index in [0.29, 0.717) is 12.1 Å². The summed E-state index contributed by atoms with van der Waals surface area (Å²) in [5.74, 6) is 0. The van der Waals surface area contributed by atoms with E-state index in [2.05, 4.69) is 17.5 Å². The lowest BCUT2D eigenvalue weighted by atomic mass is 10.2. The molecule has 1 heterocycles. The summed E-state index contributed by atoms with van der Waals surface area (Å²) < 4.78 is 5.06. The summed E-state index contributed by atoms with van der Waals surface area (Å²) >= 11 is 0. The Kier molecular flexibility index (Phi) is 1.74. The minimum Gasteiger partial charge on any atom is -0.378 e. The summed E-state index contributed by atoms with van der Waals surface area (Å²) in [4.78, 5) is 0. The number of rotatable bonds is 2. The molecule has 0 amide bonds. The summed E-state index contributed by atoms with van der Waals surface area (Å²) in [6.45, 7) is 1.83. The minimum atomic E-state index is 0.643. The van der Waals surface area contributed by atoms with Crippen molar-refractivity contribution >= 4 is 0 Å². The molecule has 1 aliphatic carbocycles. The monoisotopic (exact) mass is 139 g/mol. The molecule has 0 unspecified atom stereocenters. The van der Waals surface area contributed by atoms with Gasteiger partial charge in [0.2, 0.25) is 0 Å². The first-order valence-electron chi connectivity index (χ1n) is 3.94. The van der Waals surface area contributed by atoms with Gasteiger partial charge in [-0.15, -0.1) is 0 Å². The predicted molar refractivity (Wildman–Crippen MR) is 39.9 cm³/mol. The van der Waals surface area contributed by atoms with Crippen molar-refractivity contribution in [2.24, 2.45) is 0 Å². The number of hydrogen-bond acceptors (Lipinski definition) is 2. The Balaban J connectivity index is 1.69. The lowest BCUT2D eigenvalue weighted by Gasteiger charge is -2.29. The van der Waals surface area contributed by atoms with Crippen molar-refractivity contribution in [2.45, 2.75) is 24.9 Å². The van der Waals surface area contributed by atoms with Gasteiger partial charge in [-0.1, -0.05) is 12.2 Å². The highest BCUT2D eigenvalue weighted by Crippen LogP contribution is 2.12. The molecule has 2 aliphatic rings. The SMILES string of the molecule is C1=CCC(NC2COC2)C1. The van der Waals surface area contributed by atoms with Gasteiger partial charge in [-0.2, -0.15) is 0 Å². The topological polar surface area (TPSA) is 21.3 Å². The third kappa shape index (κ3) is 1.22. The van der Waals surface area contributed by atoms with Crippen molar-refractivity contribution < 1.29 is 4.74 Å². The van der Waals surface area contributed by atoms with E-state index < -0.39 is 0 Å². The van der Waals surface area contributed by atoms with Gasteiger partial charge in [0, 0.05) is 6.04 Å². The fourth-order valence-electron chi connectivity index (χ4n) is 1.42. The standard InChI is InChI=1S/C8H13NO/c1-2-4-7(3-1)9-8-5-10-6-8/h1-2,7-9H,3-6H2. The molecule has 1 N–H and O–H groups in total. The maximum Gasteiger partial charge on any atom is 0.0643 e. The Bertz CT molecular complexity index is 132. The van der Waals surface area contributed by atoms with Crippen LogP contribution in [0, 0.1) is 0 Å².